The van der Waals surface area contributed by atoms with Crippen LogP contribution in [-0.4, -0.2) is 20.2 Å². The van der Waals surface area contributed by atoms with E-state index in [1.807, 2.05) is 36.4 Å². The zero-order valence-electron chi connectivity index (χ0n) is 18.0. The van der Waals surface area contributed by atoms with Gasteiger partial charge in [0, 0.05) is 0 Å². The van der Waals surface area contributed by atoms with Gasteiger partial charge in [-0.2, -0.15) is 0 Å². The van der Waals surface area contributed by atoms with Crippen LogP contribution in [0.2, 0.25) is 0 Å². The van der Waals surface area contributed by atoms with Crippen molar-refractivity contribution in [3.63, 3.8) is 0 Å². The van der Waals surface area contributed by atoms with Crippen molar-refractivity contribution in [3.8, 4) is 28.0 Å². The van der Waals surface area contributed by atoms with Gasteiger partial charge >= 0.3 is 5.97 Å². The van der Waals surface area contributed by atoms with Crippen molar-refractivity contribution in [2.75, 3.05) is 14.2 Å². The molecule has 0 saturated carbocycles. The lowest BCUT2D eigenvalue weighted by molar-refractivity contribution is 0.0601. The third kappa shape index (κ3) is 3.28. The van der Waals surface area contributed by atoms with Gasteiger partial charge in [-0.15, -0.1) is 0 Å². The number of hydrogen-bond donors (Lipinski definition) is 0. The van der Waals surface area contributed by atoms with Gasteiger partial charge in [-0.05, 0) is 68.1 Å². The molecule has 0 heterocycles. The van der Waals surface area contributed by atoms with Crippen LogP contribution < -0.4 is 4.74 Å². The van der Waals surface area contributed by atoms with Gasteiger partial charge < -0.3 is 9.47 Å². The van der Waals surface area contributed by atoms with Crippen molar-refractivity contribution in [3.05, 3.63) is 103 Å². The van der Waals surface area contributed by atoms with E-state index in [0.717, 1.165) is 44.2 Å². The molecule has 0 aromatic heterocycles. The Kier molecular flexibility index (Phi) is 5.08. The van der Waals surface area contributed by atoms with Crippen molar-refractivity contribution in [1.82, 2.24) is 0 Å². The Bertz CT molecular complexity index is 1440. The molecule has 5 aromatic rings. The lowest BCUT2D eigenvalue weighted by Gasteiger charge is -2.19. The summed E-state index contributed by atoms with van der Waals surface area (Å²) in [5.41, 5.74) is 4.94. The fourth-order valence-corrected chi connectivity index (χ4v) is 4.40. The van der Waals surface area contributed by atoms with E-state index in [9.17, 15) is 4.79 Å². The van der Waals surface area contributed by atoms with Crippen LogP contribution >= 0.6 is 0 Å². The molecule has 0 N–H and O–H groups in total. The van der Waals surface area contributed by atoms with E-state index in [4.69, 9.17) is 9.47 Å². The summed E-state index contributed by atoms with van der Waals surface area (Å²) in [4.78, 5) is 12.4. The van der Waals surface area contributed by atoms with Crippen molar-refractivity contribution in [1.29, 1.82) is 0 Å². The van der Waals surface area contributed by atoms with Gasteiger partial charge in [-0.3, -0.25) is 0 Å². The average molecular weight is 418 g/mol. The Balaban J connectivity index is 1.98. The van der Waals surface area contributed by atoms with Crippen LogP contribution in [0, 0.1) is 0 Å². The van der Waals surface area contributed by atoms with E-state index >= 15 is 0 Å². The van der Waals surface area contributed by atoms with Crippen molar-refractivity contribution < 1.29 is 14.3 Å². The molecule has 0 unspecified atom stereocenters. The van der Waals surface area contributed by atoms with Crippen LogP contribution in [0.25, 0.3) is 43.8 Å². The molecule has 5 aromatic carbocycles. The first kappa shape index (κ1) is 19.8. The first-order chi connectivity index (χ1) is 15.7. The minimum atomic E-state index is -0.345. The van der Waals surface area contributed by atoms with Crippen LogP contribution in [0.5, 0.6) is 5.75 Å². The summed E-state index contributed by atoms with van der Waals surface area (Å²) in [7, 11) is 3.07. The minimum absolute atomic E-state index is 0.345. The van der Waals surface area contributed by atoms with Crippen LogP contribution in [0.4, 0.5) is 0 Å². The summed E-state index contributed by atoms with van der Waals surface area (Å²) in [6.45, 7) is 0. The Morgan fingerprint density at radius 2 is 1.19 bits per heavy atom. The molecule has 0 radical (unpaired) electrons. The number of ether oxygens (including phenoxy) is 2. The number of fused-ring (bicyclic) bond motifs is 3. The molecule has 5 rings (SSSR count). The van der Waals surface area contributed by atoms with Crippen LogP contribution in [0.3, 0.4) is 0 Å². The second-order valence-corrected chi connectivity index (χ2v) is 7.64. The lowest BCUT2D eigenvalue weighted by Crippen LogP contribution is -2.01. The standard InChI is InChI=1S/C29H22O3/c1-31-22-15-12-20(13-16-22)28-26-18-21(29(30)32-2)14-17-24(26)23-10-6-7-11-25(23)27(28)19-8-4-3-5-9-19/h3-18H,1-2H3. The molecule has 0 atom stereocenters. The van der Waals surface area contributed by atoms with E-state index in [-0.39, 0.29) is 5.97 Å². The number of carbonyl (C=O) groups is 1. The molecule has 0 aliphatic heterocycles. The quantitative estimate of drug-likeness (QED) is 0.230. The normalized spacial score (nSPS) is 10.9. The van der Waals surface area contributed by atoms with Crippen LogP contribution in [0.15, 0.2) is 97.1 Å². The number of esters is 1. The third-order valence-corrected chi connectivity index (χ3v) is 5.89. The molecule has 32 heavy (non-hydrogen) atoms. The van der Waals surface area contributed by atoms with Crippen LogP contribution in [0.1, 0.15) is 10.4 Å². The predicted octanol–water partition coefficient (Wildman–Crippen LogP) is 7.12. The van der Waals surface area contributed by atoms with Gasteiger partial charge in [0.15, 0.2) is 0 Å². The third-order valence-electron chi connectivity index (χ3n) is 5.89. The molecule has 3 heteroatoms. The largest absolute Gasteiger partial charge is 0.497 e. The molecule has 0 aliphatic carbocycles. The zero-order valence-corrected chi connectivity index (χ0v) is 18.0. The molecule has 0 saturated heterocycles. The maximum atomic E-state index is 12.4. The van der Waals surface area contributed by atoms with E-state index in [1.54, 1.807) is 7.11 Å². The van der Waals surface area contributed by atoms with Crippen molar-refractivity contribution in [2.24, 2.45) is 0 Å². The van der Waals surface area contributed by atoms with Crippen LogP contribution in [-0.2, 0) is 4.74 Å². The monoisotopic (exact) mass is 418 g/mol. The van der Waals surface area contributed by atoms with E-state index in [1.165, 1.54) is 12.5 Å². The Hall–Kier alpha value is -4.11. The molecule has 3 nitrogen and oxygen atoms in total. The second kappa shape index (κ2) is 8.20. The Morgan fingerprint density at radius 3 is 1.88 bits per heavy atom. The summed E-state index contributed by atoms with van der Waals surface area (Å²) < 4.78 is 10.4. The molecule has 0 fully saturated rings. The number of carbonyl (C=O) groups excluding carboxylic acids is 1. The maximum Gasteiger partial charge on any atom is 0.337 e. The fraction of sp³-hybridized carbons (Fsp3) is 0.0690. The van der Waals surface area contributed by atoms with Gasteiger partial charge in [0.05, 0.1) is 19.8 Å². The summed E-state index contributed by atoms with van der Waals surface area (Å²) in [6.07, 6.45) is 0. The number of rotatable bonds is 4. The summed E-state index contributed by atoms with van der Waals surface area (Å²) in [6, 6.07) is 32.7. The Morgan fingerprint density at radius 1 is 0.594 bits per heavy atom. The maximum absolute atomic E-state index is 12.4. The molecule has 0 aliphatic rings. The van der Waals surface area contributed by atoms with Crippen molar-refractivity contribution in [2.45, 2.75) is 0 Å². The van der Waals surface area contributed by atoms with E-state index in [0.29, 0.717) is 5.56 Å². The van der Waals surface area contributed by atoms with Gasteiger partial charge in [0.25, 0.3) is 0 Å². The van der Waals surface area contributed by atoms with Gasteiger partial charge in [0.2, 0.25) is 0 Å². The highest BCUT2D eigenvalue weighted by molar-refractivity contribution is 6.22. The first-order valence-corrected chi connectivity index (χ1v) is 10.5. The summed E-state index contributed by atoms with van der Waals surface area (Å²) in [5.74, 6) is 0.456. The highest BCUT2D eigenvalue weighted by Crippen LogP contribution is 2.44. The molecule has 156 valence electrons. The minimum Gasteiger partial charge on any atom is -0.497 e. The predicted molar refractivity (Wildman–Crippen MR) is 130 cm³/mol. The van der Waals surface area contributed by atoms with Gasteiger partial charge in [-0.25, -0.2) is 4.79 Å². The first-order valence-electron chi connectivity index (χ1n) is 10.5. The second-order valence-electron chi connectivity index (χ2n) is 7.64. The zero-order chi connectivity index (χ0) is 22.1. The van der Waals surface area contributed by atoms with Gasteiger partial charge in [-0.1, -0.05) is 72.8 Å². The lowest BCUT2D eigenvalue weighted by atomic mass is 9.84. The molecule has 0 amide bonds. The smallest absolute Gasteiger partial charge is 0.337 e. The topological polar surface area (TPSA) is 35.5 Å². The number of methoxy groups -OCH3 is 2. The highest BCUT2D eigenvalue weighted by atomic mass is 16.5. The van der Waals surface area contributed by atoms with E-state index < -0.39 is 0 Å². The summed E-state index contributed by atoms with van der Waals surface area (Å²) in [5, 5.41) is 4.42. The highest BCUT2D eigenvalue weighted by Gasteiger charge is 2.19. The number of hydrogen-bond acceptors (Lipinski definition) is 3. The SMILES string of the molecule is COC(=O)c1ccc2c(c1)c(-c1ccc(OC)cc1)c(-c1ccccc1)c1ccccc12. The summed E-state index contributed by atoms with van der Waals surface area (Å²) >= 11 is 0. The fourth-order valence-electron chi connectivity index (χ4n) is 4.40. The molecular weight excluding hydrogens is 396 g/mol. The van der Waals surface area contributed by atoms with E-state index in [2.05, 4.69) is 60.7 Å². The van der Waals surface area contributed by atoms with Crippen molar-refractivity contribution >= 4 is 27.5 Å². The molecule has 0 bridgehead atoms. The molecule has 0 spiro atoms. The van der Waals surface area contributed by atoms with Gasteiger partial charge in [0.1, 0.15) is 5.75 Å². The average Bonchev–Trinajstić information content (AvgIpc) is 2.87. The molecular formula is C29H22O3. The number of benzene rings is 5. The Labute approximate surface area is 186 Å².